The third-order valence-electron chi connectivity index (χ3n) is 1.22. The highest BCUT2D eigenvalue weighted by atomic mass is 16.6. The zero-order valence-corrected chi connectivity index (χ0v) is 4.18. The van der Waals surface area contributed by atoms with E-state index in [1.807, 2.05) is 12.2 Å². The zero-order valence-electron chi connectivity index (χ0n) is 4.18. The molecule has 0 unspecified atom stereocenters. The van der Waals surface area contributed by atoms with Crippen molar-refractivity contribution in [2.24, 2.45) is 0 Å². The van der Waals surface area contributed by atoms with E-state index in [4.69, 9.17) is 4.74 Å². The van der Waals surface area contributed by atoms with Crippen LogP contribution in [0.5, 0.6) is 0 Å². The van der Waals surface area contributed by atoms with Gasteiger partial charge in [0.25, 0.3) is 0 Å². The third kappa shape index (κ3) is 0.346. The second-order valence-corrected chi connectivity index (χ2v) is 1.83. The summed E-state index contributed by atoms with van der Waals surface area (Å²) < 4.78 is 4.79. The Balaban J connectivity index is 2.40. The Hall–Kier alpha value is -1.05. The molecule has 1 aliphatic carbocycles. The van der Waals surface area contributed by atoms with Crippen LogP contribution >= 0.6 is 0 Å². The van der Waals surface area contributed by atoms with E-state index >= 15 is 0 Å². The van der Waals surface area contributed by atoms with Gasteiger partial charge in [-0.1, -0.05) is 6.08 Å². The number of carbonyl (C=O) groups is 1. The van der Waals surface area contributed by atoms with Gasteiger partial charge in [-0.05, 0) is 6.08 Å². The highest BCUT2D eigenvalue weighted by Crippen LogP contribution is 2.32. The number of rotatable bonds is 0. The Morgan fingerprint density at radius 3 is 3.12 bits per heavy atom. The third-order valence-corrected chi connectivity index (χ3v) is 1.22. The summed E-state index contributed by atoms with van der Waals surface area (Å²) in [6, 6.07) is 0. The normalized spacial score (nSPS) is 22.8. The average molecular weight is 108 g/mol. The SMILES string of the molecule is O=C1CC=CC2=C1O2. The first-order valence-corrected chi connectivity index (χ1v) is 2.50. The van der Waals surface area contributed by atoms with Crippen molar-refractivity contribution in [3.63, 3.8) is 0 Å². The van der Waals surface area contributed by atoms with Crippen molar-refractivity contribution >= 4 is 5.78 Å². The predicted octanol–water partition coefficient (Wildman–Crippen LogP) is 0.757. The molecule has 0 saturated heterocycles. The lowest BCUT2D eigenvalue weighted by Crippen LogP contribution is -1.92. The minimum absolute atomic E-state index is 0.113. The lowest BCUT2D eigenvalue weighted by Gasteiger charge is -1.82. The summed E-state index contributed by atoms with van der Waals surface area (Å²) in [6.07, 6.45) is 4.16. The van der Waals surface area contributed by atoms with Crippen LogP contribution in [0.1, 0.15) is 6.42 Å². The van der Waals surface area contributed by atoms with E-state index in [9.17, 15) is 4.79 Å². The van der Waals surface area contributed by atoms with Gasteiger partial charge in [0.1, 0.15) is 0 Å². The van der Waals surface area contributed by atoms with Crippen LogP contribution in [-0.4, -0.2) is 5.78 Å². The lowest BCUT2D eigenvalue weighted by atomic mass is 10.2. The first kappa shape index (κ1) is 3.89. The van der Waals surface area contributed by atoms with Crippen molar-refractivity contribution in [3.8, 4) is 0 Å². The summed E-state index contributed by atoms with van der Waals surface area (Å²) in [7, 11) is 0. The Kier molecular flexibility index (Phi) is 0.497. The molecule has 0 aromatic heterocycles. The molecule has 2 heteroatoms. The van der Waals surface area contributed by atoms with Crippen molar-refractivity contribution in [1.29, 1.82) is 0 Å². The molecule has 1 aliphatic heterocycles. The molecule has 0 fully saturated rings. The maximum Gasteiger partial charge on any atom is 0.213 e. The molecule has 0 aromatic rings. The molecule has 0 bridgehead atoms. The predicted molar refractivity (Wildman–Crippen MR) is 26.9 cm³/mol. The van der Waals surface area contributed by atoms with E-state index in [1.54, 1.807) is 0 Å². The van der Waals surface area contributed by atoms with E-state index < -0.39 is 0 Å². The first-order valence-electron chi connectivity index (χ1n) is 2.50. The summed E-state index contributed by atoms with van der Waals surface area (Å²) >= 11 is 0. The maximum atomic E-state index is 10.6. The van der Waals surface area contributed by atoms with Crippen molar-refractivity contribution in [3.05, 3.63) is 23.7 Å². The van der Waals surface area contributed by atoms with Crippen LogP contribution in [0.2, 0.25) is 0 Å². The second-order valence-electron chi connectivity index (χ2n) is 1.83. The number of Topliss-reactive ketones (excluding diaryl/α,β-unsaturated/α-hetero) is 1. The largest absolute Gasteiger partial charge is 0.446 e. The second kappa shape index (κ2) is 1.02. The summed E-state index contributed by atoms with van der Waals surface area (Å²) in [6.45, 7) is 0. The fraction of sp³-hybridized carbons (Fsp3) is 0.167. The smallest absolute Gasteiger partial charge is 0.213 e. The molecule has 0 amide bonds. The van der Waals surface area contributed by atoms with Crippen molar-refractivity contribution in [1.82, 2.24) is 0 Å². The number of hydrogen-bond acceptors (Lipinski definition) is 2. The van der Waals surface area contributed by atoms with E-state index in [0.29, 0.717) is 12.2 Å². The van der Waals surface area contributed by atoms with Crippen LogP contribution in [0, 0.1) is 0 Å². The Morgan fingerprint density at radius 2 is 2.50 bits per heavy atom. The zero-order chi connectivity index (χ0) is 5.56. The van der Waals surface area contributed by atoms with E-state index in [1.165, 1.54) is 0 Å². The van der Waals surface area contributed by atoms with E-state index in [0.717, 1.165) is 5.76 Å². The maximum absolute atomic E-state index is 10.6. The summed E-state index contributed by atoms with van der Waals surface area (Å²) in [4.78, 5) is 10.6. The molecule has 1 heterocycles. The fourth-order valence-electron chi connectivity index (χ4n) is 0.754. The lowest BCUT2D eigenvalue weighted by molar-refractivity contribution is -0.115. The monoisotopic (exact) mass is 108 g/mol. The van der Waals surface area contributed by atoms with Gasteiger partial charge in [0.2, 0.25) is 11.5 Å². The van der Waals surface area contributed by atoms with Crippen molar-refractivity contribution in [2.75, 3.05) is 0 Å². The van der Waals surface area contributed by atoms with Gasteiger partial charge in [-0.25, -0.2) is 0 Å². The highest BCUT2D eigenvalue weighted by molar-refractivity contribution is 5.99. The van der Waals surface area contributed by atoms with Crippen LogP contribution < -0.4 is 0 Å². The molecule has 0 aromatic carbocycles. The van der Waals surface area contributed by atoms with Gasteiger partial charge in [-0.15, -0.1) is 0 Å². The Labute approximate surface area is 46.4 Å². The van der Waals surface area contributed by atoms with Gasteiger partial charge in [0.05, 0.1) is 0 Å². The molecule has 2 rings (SSSR count). The van der Waals surface area contributed by atoms with Gasteiger partial charge in [0, 0.05) is 6.42 Å². The molecule has 2 aliphatic rings. The topological polar surface area (TPSA) is 29.6 Å². The van der Waals surface area contributed by atoms with Crippen LogP contribution in [0.25, 0.3) is 0 Å². The van der Waals surface area contributed by atoms with Crippen molar-refractivity contribution < 1.29 is 9.53 Å². The molecule has 0 saturated carbocycles. The molecule has 2 nitrogen and oxygen atoms in total. The molecular formula is C6H4O2. The van der Waals surface area contributed by atoms with Crippen LogP contribution in [0.3, 0.4) is 0 Å². The van der Waals surface area contributed by atoms with Gasteiger partial charge in [0.15, 0.2) is 5.76 Å². The summed E-state index contributed by atoms with van der Waals surface area (Å²) in [5.41, 5.74) is 0. The fourth-order valence-corrected chi connectivity index (χ4v) is 0.754. The van der Waals surface area contributed by atoms with Crippen LogP contribution in [0.15, 0.2) is 23.7 Å². The van der Waals surface area contributed by atoms with Gasteiger partial charge in [-0.3, -0.25) is 4.79 Å². The van der Waals surface area contributed by atoms with E-state index in [-0.39, 0.29) is 5.78 Å². The Bertz CT molecular complexity index is 211. The molecule has 0 radical (unpaired) electrons. The minimum Gasteiger partial charge on any atom is -0.446 e. The highest BCUT2D eigenvalue weighted by Gasteiger charge is 2.31. The Morgan fingerprint density at radius 1 is 1.62 bits per heavy atom. The van der Waals surface area contributed by atoms with Gasteiger partial charge >= 0.3 is 0 Å². The number of ketones is 1. The molecule has 0 N–H and O–H groups in total. The molecular weight excluding hydrogens is 104 g/mol. The van der Waals surface area contributed by atoms with Gasteiger partial charge in [-0.2, -0.15) is 0 Å². The first-order chi connectivity index (χ1) is 3.88. The van der Waals surface area contributed by atoms with Crippen LogP contribution in [0.4, 0.5) is 0 Å². The quantitative estimate of drug-likeness (QED) is 0.458. The minimum atomic E-state index is 0.113. The van der Waals surface area contributed by atoms with Crippen LogP contribution in [-0.2, 0) is 9.53 Å². The van der Waals surface area contributed by atoms with E-state index in [2.05, 4.69) is 0 Å². The number of hydrogen-bond donors (Lipinski definition) is 0. The number of allylic oxidation sites excluding steroid dienone is 3. The summed E-state index contributed by atoms with van der Waals surface area (Å²) in [5.74, 6) is 1.45. The average Bonchev–Trinajstić information content (AvgIpc) is 2.45. The van der Waals surface area contributed by atoms with Gasteiger partial charge < -0.3 is 4.74 Å². The summed E-state index contributed by atoms with van der Waals surface area (Å²) in [5, 5.41) is 0. The molecule has 0 atom stereocenters. The number of ether oxygens (including phenoxy) is 1. The molecule has 0 spiro atoms. The molecule has 8 heavy (non-hydrogen) atoms. The number of carbonyl (C=O) groups excluding carboxylic acids is 1. The standard InChI is InChI=1S/C6H4O2/c7-4-2-1-3-5-6(4)8-5/h1,3H,2H2. The van der Waals surface area contributed by atoms with Crippen molar-refractivity contribution in [2.45, 2.75) is 6.42 Å². The molecule has 40 valence electrons.